The summed E-state index contributed by atoms with van der Waals surface area (Å²) in [5, 5.41) is 4.41. The van der Waals surface area contributed by atoms with E-state index in [-0.39, 0.29) is 0 Å². The monoisotopic (exact) mass is 222 g/mol. The molecule has 0 aromatic carbocycles. The number of hydrogen-bond acceptors (Lipinski definition) is 2. The molecule has 0 atom stereocenters. The molecule has 1 fully saturated rings. The Hall–Kier alpha value is -0.990. The third kappa shape index (κ3) is 3.00. The first kappa shape index (κ1) is 11.5. The molecule has 1 aromatic heterocycles. The van der Waals surface area contributed by atoms with E-state index in [0.29, 0.717) is 12.0 Å². The van der Waals surface area contributed by atoms with E-state index >= 15 is 0 Å². The summed E-state index contributed by atoms with van der Waals surface area (Å²) in [7, 11) is 0. The fraction of sp³-hybridized carbons (Fsp3) is 0.769. The molecule has 0 amide bonds. The molecule has 0 N–H and O–H groups in total. The van der Waals surface area contributed by atoms with E-state index in [1.807, 2.05) is 6.20 Å². The number of aromatic nitrogens is 2. The smallest absolute Gasteiger partial charge is 0.157 e. The van der Waals surface area contributed by atoms with Crippen LogP contribution >= 0.6 is 0 Å². The molecule has 16 heavy (non-hydrogen) atoms. The highest BCUT2D eigenvalue weighted by molar-refractivity contribution is 5.12. The summed E-state index contributed by atoms with van der Waals surface area (Å²) < 4.78 is 7.75. The molecule has 0 aliphatic heterocycles. The van der Waals surface area contributed by atoms with Gasteiger partial charge in [0.15, 0.2) is 5.75 Å². The van der Waals surface area contributed by atoms with Crippen molar-refractivity contribution in [2.45, 2.75) is 52.0 Å². The number of nitrogens with zero attached hydrogens (tertiary/aromatic N) is 2. The molecular formula is C13H22N2O. The lowest BCUT2D eigenvalue weighted by molar-refractivity contribution is 0.269. The molecule has 1 aliphatic carbocycles. The fourth-order valence-corrected chi connectivity index (χ4v) is 2.20. The standard InChI is InChI=1S/C13H22N2O/c1-11(2)10-16-13-8-14-15(9-13)12-6-4-3-5-7-12/h8-9,11-12H,3-7,10H2,1-2H3. The second-order valence-corrected chi connectivity index (χ2v) is 5.15. The zero-order valence-electron chi connectivity index (χ0n) is 10.4. The molecule has 2 rings (SSSR count). The second kappa shape index (κ2) is 5.37. The summed E-state index contributed by atoms with van der Waals surface area (Å²) in [6.45, 7) is 5.09. The average molecular weight is 222 g/mol. The van der Waals surface area contributed by atoms with Gasteiger partial charge in [-0.15, -0.1) is 0 Å². The van der Waals surface area contributed by atoms with Gasteiger partial charge in [0.2, 0.25) is 0 Å². The normalized spacial score (nSPS) is 17.9. The summed E-state index contributed by atoms with van der Waals surface area (Å²) in [6.07, 6.45) is 10.5. The van der Waals surface area contributed by atoms with E-state index in [9.17, 15) is 0 Å². The first-order valence-electron chi connectivity index (χ1n) is 6.42. The van der Waals surface area contributed by atoms with Crippen molar-refractivity contribution in [1.82, 2.24) is 9.78 Å². The zero-order chi connectivity index (χ0) is 11.4. The van der Waals surface area contributed by atoms with Gasteiger partial charge in [0.1, 0.15) is 0 Å². The van der Waals surface area contributed by atoms with Crippen LogP contribution < -0.4 is 4.74 Å². The van der Waals surface area contributed by atoms with Crippen LogP contribution in [-0.2, 0) is 0 Å². The van der Waals surface area contributed by atoms with Gasteiger partial charge in [0.25, 0.3) is 0 Å². The van der Waals surface area contributed by atoms with Crippen molar-refractivity contribution in [1.29, 1.82) is 0 Å². The van der Waals surface area contributed by atoms with Crippen molar-refractivity contribution in [3.05, 3.63) is 12.4 Å². The van der Waals surface area contributed by atoms with Crippen molar-refractivity contribution in [3.8, 4) is 5.75 Å². The van der Waals surface area contributed by atoms with Crippen molar-refractivity contribution in [2.24, 2.45) is 5.92 Å². The zero-order valence-corrected chi connectivity index (χ0v) is 10.4. The molecule has 90 valence electrons. The van der Waals surface area contributed by atoms with Crippen LogP contribution in [0.3, 0.4) is 0 Å². The van der Waals surface area contributed by atoms with Gasteiger partial charge in [-0.3, -0.25) is 4.68 Å². The lowest BCUT2D eigenvalue weighted by Crippen LogP contribution is -2.12. The van der Waals surface area contributed by atoms with Gasteiger partial charge < -0.3 is 4.74 Å². The van der Waals surface area contributed by atoms with E-state index in [0.717, 1.165) is 12.4 Å². The molecule has 1 heterocycles. The molecule has 0 unspecified atom stereocenters. The third-order valence-electron chi connectivity index (χ3n) is 3.11. The summed E-state index contributed by atoms with van der Waals surface area (Å²) in [4.78, 5) is 0. The number of ether oxygens (including phenoxy) is 1. The van der Waals surface area contributed by atoms with Gasteiger partial charge in [-0.05, 0) is 18.8 Å². The average Bonchev–Trinajstić information content (AvgIpc) is 2.76. The van der Waals surface area contributed by atoms with Crippen molar-refractivity contribution in [2.75, 3.05) is 6.61 Å². The summed E-state index contributed by atoms with van der Waals surface area (Å²) in [6, 6.07) is 0.602. The van der Waals surface area contributed by atoms with Crippen LogP contribution in [0.5, 0.6) is 5.75 Å². The third-order valence-corrected chi connectivity index (χ3v) is 3.11. The molecule has 3 heteroatoms. The lowest BCUT2D eigenvalue weighted by Gasteiger charge is -2.21. The van der Waals surface area contributed by atoms with Gasteiger partial charge >= 0.3 is 0 Å². The largest absolute Gasteiger partial charge is 0.490 e. The molecule has 1 aliphatic rings. The predicted molar refractivity (Wildman–Crippen MR) is 64.7 cm³/mol. The Morgan fingerprint density at radius 2 is 2.12 bits per heavy atom. The Labute approximate surface area is 97.8 Å². The van der Waals surface area contributed by atoms with Crippen molar-refractivity contribution in [3.63, 3.8) is 0 Å². The Kier molecular flexibility index (Phi) is 3.86. The van der Waals surface area contributed by atoms with Crippen LogP contribution in [0.2, 0.25) is 0 Å². The minimum absolute atomic E-state index is 0.568. The van der Waals surface area contributed by atoms with Crippen LogP contribution in [0.4, 0.5) is 0 Å². The van der Waals surface area contributed by atoms with Crippen molar-refractivity contribution >= 4 is 0 Å². The SMILES string of the molecule is CC(C)COc1cnn(C2CCCCC2)c1. The van der Waals surface area contributed by atoms with Gasteiger partial charge in [0, 0.05) is 0 Å². The van der Waals surface area contributed by atoms with Gasteiger partial charge in [-0.2, -0.15) is 5.10 Å². The van der Waals surface area contributed by atoms with Crippen LogP contribution in [0.1, 0.15) is 52.0 Å². The molecular weight excluding hydrogens is 200 g/mol. The highest BCUT2D eigenvalue weighted by Crippen LogP contribution is 2.28. The maximum absolute atomic E-state index is 5.66. The predicted octanol–water partition coefficient (Wildman–Crippen LogP) is 3.42. The van der Waals surface area contributed by atoms with Gasteiger partial charge in [0.05, 0.1) is 25.0 Å². The fourth-order valence-electron chi connectivity index (χ4n) is 2.20. The van der Waals surface area contributed by atoms with E-state index < -0.39 is 0 Å². The molecule has 1 saturated carbocycles. The van der Waals surface area contributed by atoms with Gasteiger partial charge in [-0.25, -0.2) is 0 Å². The highest BCUT2D eigenvalue weighted by atomic mass is 16.5. The molecule has 0 saturated heterocycles. The topological polar surface area (TPSA) is 27.1 Å². The molecule has 1 aromatic rings. The molecule has 0 bridgehead atoms. The number of hydrogen-bond donors (Lipinski definition) is 0. The van der Waals surface area contributed by atoms with E-state index in [2.05, 4.69) is 29.8 Å². The second-order valence-electron chi connectivity index (χ2n) is 5.15. The summed E-state index contributed by atoms with van der Waals surface area (Å²) in [5.74, 6) is 1.48. The molecule has 0 spiro atoms. The van der Waals surface area contributed by atoms with Crippen LogP contribution in [0.15, 0.2) is 12.4 Å². The maximum atomic E-state index is 5.66. The highest BCUT2D eigenvalue weighted by Gasteiger charge is 2.16. The van der Waals surface area contributed by atoms with E-state index in [1.54, 1.807) is 0 Å². The first-order chi connectivity index (χ1) is 7.75. The first-order valence-corrected chi connectivity index (χ1v) is 6.42. The Morgan fingerprint density at radius 3 is 2.81 bits per heavy atom. The Morgan fingerprint density at radius 1 is 1.38 bits per heavy atom. The van der Waals surface area contributed by atoms with Gasteiger partial charge in [-0.1, -0.05) is 33.1 Å². The maximum Gasteiger partial charge on any atom is 0.157 e. The molecule has 3 nitrogen and oxygen atoms in total. The Bertz CT molecular complexity index is 313. The number of rotatable bonds is 4. The summed E-state index contributed by atoms with van der Waals surface area (Å²) in [5.41, 5.74) is 0. The Balaban J connectivity index is 1.90. The van der Waals surface area contributed by atoms with E-state index in [1.165, 1.54) is 32.1 Å². The minimum Gasteiger partial charge on any atom is -0.490 e. The minimum atomic E-state index is 0.568. The summed E-state index contributed by atoms with van der Waals surface area (Å²) >= 11 is 0. The van der Waals surface area contributed by atoms with E-state index in [4.69, 9.17) is 4.74 Å². The lowest BCUT2D eigenvalue weighted by atomic mass is 9.96. The van der Waals surface area contributed by atoms with Crippen molar-refractivity contribution < 1.29 is 4.74 Å². The van der Waals surface area contributed by atoms with Crippen LogP contribution in [0.25, 0.3) is 0 Å². The van der Waals surface area contributed by atoms with Crippen LogP contribution in [0, 0.1) is 5.92 Å². The van der Waals surface area contributed by atoms with Crippen LogP contribution in [-0.4, -0.2) is 16.4 Å². The molecule has 0 radical (unpaired) electrons. The quantitative estimate of drug-likeness (QED) is 0.780.